The zero-order valence-corrected chi connectivity index (χ0v) is 16.6. The van der Waals surface area contributed by atoms with Crippen LogP contribution in [0.5, 0.6) is 0 Å². The van der Waals surface area contributed by atoms with E-state index in [0.29, 0.717) is 24.0 Å². The van der Waals surface area contributed by atoms with Crippen LogP contribution in [0.2, 0.25) is 0 Å². The van der Waals surface area contributed by atoms with Gasteiger partial charge in [0.25, 0.3) is 5.56 Å². The van der Waals surface area contributed by atoms with E-state index >= 15 is 0 Å². The van der Waals surface area contributed by atoms with Gasteiger partial charge >= 0.3 is 0 Å². The molecular weight excluding hydrogens is 378 g/mol. The fourth-order valence-corrected chi connectivity index (χ4v) is 5.72. The van der Waals surface area contributed by atoms with E-state index in [2.05, 4.69) is 5.32 Å². The van der Waals surface area contributed by atoms with Crippen molar-refractivity contribution < 1.29 is 13.2 Å². The van der Waals surface area contributed by atoms with Crippen LogP contribution in [0.3, 0.4) is 0 Å². The molecule has 150 valence electrons. The maximum Gasteiger partial charge on any atom is 0.251 e. The molecule has 0 bridgehead atoms. The predicted molar refractivity (Wildman–Crippen MR) is 107 cm³/mol. The van der Waals surface area contributed by atoms with Crippen molar-refractivity contribution >= 4 is 26.8 Å². The lowest BCUT2D eigenvalue weighted by atomic mass is 10.2. The lowest BCUT2D eigenvalue weighted by molar-refractivity contribution is -0.122. The van der Waals surface area contributed by atoms with Crippen LogP contribution in [0.25, 0.3) is 10.9 Å². The minimum atomic E-state index is -3.53. The van der Waals surface area contributed by atoms with Gasteiger partial charge in [0.1, 0.15) is 6.54 Å². The molecule has 28 heavy (non-hydrogen) atoms. The van der Waals surface area contributed by atoms with E-state index < -0.39 is 10.0 Å². The summed E-state index contributed by atoms with van der Waals surface area (Å²) in [5.74, 6) is -0.185. The number of rotatable bonds is 5. The van der Waals surface area contributed by atoms with Gasteiger partial charge < -0.3 is 5.32 Å². The number of sulfonamides is 1. The molecule has 0 atom stereocenters. The maximum atomic E-state index is 12.8. The highest BCUT2D eigenvalue weighted by atomic mass is 32.2. The number of hydrogen-bond acceptors (Lipinski definition) is 4. The molecule has 1 N–H and O–H groups in total. The maximum absolute atomic E-state index is 12.8. The number of aromatic nitrogens is 1. The molecule has 2 aromatic rings. The molecule has 1 aliphatic heterocycles. The van der Waals surface area contributed by atoms with Crippen LogP contribution >= 0.6 is 0 Å². The van der Waals surface area contributed by atoms with E-state index in [1.54, 1.807) is 18.2 Å². The van der Waals surface area contributed by atoms with Crippen LogP contribution in [-0.4, -0.2) is 42.3 Å². The van der Waals surface area contributed by atoms with Crippen LogP contribution in [0.15, 0.2) is 40.0 Å². The van der Waals surface area contributed by atoms with Crippen LogP contribution in [-0.2, 0) is 21.4 Å². The zero-order chi connectivity index (χ0) is 19.7. The molecule has 4 rings (SSSR count). The summed E-state index contributed by atoms with van der Waals surface area (Å²) in [5.41, 5.74) is 0.290. The van der Waals surface area contributed by atoms with Gasteiger partial charge in [-0.2, -0.15) is 4.31 Å². The second-order valence-corrected chi connectivity index (χ2v) is 9.58. The number of pyridine rings is 1. The van der Waals surface area contributed by atoms with Gasteiger partial charge in [-0.1, -0.05) is 12.8 Å². The topological polar surface area (TPSA) is 88.5 Å². The van der Waals surface area contributed by atoms with E-state index in [-0.39, 0.29) is 28.9 Å². The summed E-state index contributed by atoms with van der Waals surface area (Å²) in [4.78, 5) is 25.0. The Morgan fingerprint density at radius 2 is 1.75 bits per heavy atom. The summed E-state index contributed by atoms with van der Waals surface area (Å²) in [6.07, 6.45) is 5.95. The van der Waals surface area contributed by atoms with Crippen LogP contribution in [0.4, 0.5) is 0 Å². The Balaban J connectivity index is 1.63. The van der Waals surface area contributed by atoms with Crippen molar-refractivity contribution in [2.24, 2.45) is 0 Å². The Bertz CT molecular complexity index is 1050. The molecule has 2 heterocycles. The summed E-state index contributed by atoms with van der Waals surface area (Å²) in [6, 6.07) is 7.94. The first-order valence-corrected chi connectivity index (χ1v) is 11.3. The summed E-state index contributed by atoms with van der Waals surface area (Å²) in [7, 11) is -3.53. The zero-order valence-electron chi connectivity index (χ0n) is 15.8. The highest BCUT2D eigenvalue weighted by Crippen LogP contribution is 2.24. The molecule has 1 aromatic heterocycles. The Morgan fingerprint density at radius 1 is 1.04 bits per heavy atom. The minimum Gasteiger partial charge on any atom is -0.352 e. The fraction of sp³-hybridized carbons (Fsp3) is 0.500. The quantitative estimate of drug-likeness (QED) is 0.825. The van der Waals surface area contributed by atoms with Crippen molar-refractivity contribution in [1.29, 1.82) is 0 Å². The van der Waals surface area contributed by atoms with Gasteiger partial charge in [0.2, 0.25) is 15.9 Å². The SMILES string of the molecule is O=C(Cn1c(=O)ccc2cc(S(=O)(=O)N3CCCC3)ccc21)NC1CCCC1. The minimum absolute atomic E-state index is 0.0646. The molecular formula is C20H25N3O4S. The second-order valence-electron chi connectivity index (χ2n) is 7.64. The molecule has 2 aliphatic rings. The third kappa shape index (κ3) is 3.71. The number of fused-ring (bicyclic) bond motifs is 1. The largest absolute Gasteiger partial charge is 0.352 e. The molecule has 1 aliphatic carbocycles. The van der Waals surface area contributed by atoms with Gasteiger partial charge in [-0.05, 0) is 55.3 Å². The van der Waals surface area contributed by atoms with E-state index in [1.165, 1.54) is 21.0 Å². The molecule has 1 aromatic carbocycles. The average molecular weight is 404 g/mol. The van der Waals surface area contributed by atoms with Gasteiger partial charge in [0.05, 0.1) is 10.4 Å². The summed E-state index contributed by atoms with van der Waals surface area (Å²) < 4.78 is 28.5. The van der Waals surface area contributed by atoms with Crippen molar-refractivity contribution in [2.45, 2.75) is 56.0 Å². The third-order valence-corrected chi connectivity index (χ3v) is 7.58. The van der Waals surface area contributed by atoms with Gasteiger partial charge in [0, 0.05) is 25.2 Å². The number of amides is 1. The summed E-state index contributed by atoms with van der Waals surface area (Å²) in [5, 5.41) is 3.62. The summed E-state index contributed by atoms with van der Waals surface area (Å²) >= 11 is 0. The number of nitrogens with one attached hydrogen (secondary N) is 1. The van der Waals surface area contributed by atoms with Gasteiger partial charge in [-0.15, -0.1) is 0 Å². The Kier molecular flexibility index (Phi) is 5.25. The Hall–Kier alpha value is -2.19. The number of nitrogens with zero attached hydrogens (tertiary/aromatic N) is 2. The molecule has 2 fully saturated rings. The average Bonchev–Trinajstić information content (AvgIpc) is 3.38. The van der Waals surface area contributed by atoms with Crippen LogP contribution < -0.4 is 10.9 Å². The first kappa shape index (κ1) is 19.1. The molecule has 7 nitrogen and oxygen atoms in total. The van der Waals surface area contributed by atoms with E-state index in [1.807, 2.05) is 0 Å². The van der Waals surface area contributed by atoms with Crippen molar-refractivity contribution in [2.75, 3.05) is 13.1 Å². The highest BCUT2D eigenvalue weighted by molar-refractivity contribution is 7.89. The van der Waals surface area contributed by atoms with Crippen molar-refractivity contribution in [3.63, 3.8) is 0 Å². The van der Waals surface area contributed by atoms with Crippen LogP contribution in [0.1, 0.15) is 38.5 Å². The first-order valence-electron chi connectivity index (χ1n) is 9.88. The highest BCUT2D eigenvalue weighted by Gasteiger charge is 2.27. The molecule has 0 radical (unpaired) electrons. The van der Waals surface area contributed by atoms with Crippen molar-refractivity contribution in [3.8, 4) is 0 Å². The van der Waals surface area contributed by atoms with Crippen molar-refractivity contribution in [1.82, 2.24) is 14.2 Å². The third-order valence-electron chi connectivity index (χ3n) is 5.69. The summed E-state index contributed by atoms with van der Waals surface area (Å²) in [6.45, 7) is 1.02. The lowest BCUT2D eigenvalue weighted by Crippen LogP contribution is -2.37. The fourth-order valence-electron chi connectivity index (χ4n) is 4.17. The van der Waals surface area contributed by atoms with E-state index in [9.17, 15) is 18.0 Å². The van der Waals surface area contributed by atoms with Gasteiger partial charge in [-0.25, -0.2) is 8.42 Å². The smallest absolute Gasteiger partial charge is 0.251 e. The van der Waals surface area contributed by atoms with Gasteiger partial charge in [0.15, 0.2) is 0 Å². The number of benzene rings is 1. The molecule has 8 heteroatoms. The second kappa shape index (κ2) is 7.67. The predicted octanol–water partition coefficient (Wildman–Crippen LogP) is 1.84. The normalized spacial score (nSPS) is 18.7. The lowest BCUT2D eigenvalue weighted by Gasteiger charge is -2.17. The Labute approximate surface area is 164 Å². The van der Waals surface area contributed by atoms with E-state index in [4.69, 9.17) is 0 Å². The molecule has 1 saturated carbocycles. The molecule has 0 spiro atoms. The molecule has 1 saturated heterocycles. The Morgan fingerprint density at radius 3 is 2.46 bits per heavy atom. The monoisotopic (exact) mass is 403 g/mol. The molecule has 1 amide bonds. The number of carbonyl (C=O) groups excluding carboxylic acids is 1. The van der Waals surface area contributed by atoms with Crippen LogP contribution in [0, 0.1) is 0 Å². The first-order chi connectivity index (χ1) is 13.4. The molecule has 0 unspecified atom stereocenters. The van der Waals surface area contributed by atoms with E-state index in [0.717, 1.165) is 38.5 Å². The van der Waals surface area contributed by atoms with Gasteiger partial charge in [-0.3, -0.25) is 14.2 Å². The number of hydrogen-bond donors (Lipinski definition) is 1. The standard InChI is InChI=1S/C20H25N3O4S/c24-19(21-16-5-1-2-6-16)14-23-18-9-8-17(13-15(18)7-10-20(23)25)28(26,27)22-11-3-4-12-22/h7-10,13,16H,1-6,11-12,14H2,(H,21,24). The van der Waals surface area contributed by atoms with Crippen molar-refractivity contribution in [3.05, 3.63) is 40.7 Å². The number of carbonyl (C=O) groups is 1.